The van der Waals surface area contributed by atoms with E-state index >= 15 is 4.39 Å². The SMILES string of the molecule is COc1ccc(C(OC[C@@]2(F)O[C@@H](n3ccc(=O)[nH]c3=O)[C@H](O)[C@@H]2O)(c2ccccc2)c2ccc(OC)cc2)cc1. The first-order chi connectivity index (χ1) is 19.7. The van der Waals surface area contributed by atoms with E-state index in [1.807, 2.05) is 35.3 Å². The first-order valence-corrected chi connectivity index (χ1v) is 12.7. The number of benzene rings is 3. The Morgan fingerprint density at radius 1 is 0.878 bits per heavy atom. The van der Waals surface area contributed by atoms with Crippen molar-refractivity contribution in [2.75, 3.05) is 20.8 Å². The Hall–Kier alpha value is -4.29. The third-order valence-electron chi connectivity index (χ3n) is 7.16. The van der Waals surface area contributed by atoms with Crippen molar-refractivity contribution in [3.05, 3.63) is 129 Å². The Morgan fingerprint density at radius 2 is 1.41 bits per heavy atom. The van der Waals surface area contributed by atoms with Crippen LogP contribution >= 0.6 is 0 Å². The van der Waals surface area contributed by atoms with Gasteiger partial charge in [-0.25, -0.2) is 9.18 Å². The second-order valence-corrected chi connectivity index (χ2v) is 9.54. The summed E-state index contributed by atoms with van der Waals surface area (Å²) in [6.07, 6.45) is -4.51. The van der Waals surface area contributed by atoms with Gasteiger partial charge in [-0.3, -0.25) is 14.3 Å². The summed E-state index contributed by atoms with van der Waals surface area (Å²) < 4.78 is 39.8. The molecule has 10 nitrogen and oxygen atoms in total. The second-order valence-electron chi connectivity index (χ2n) is 9.54. The molecule has 3 N–H and O–H groups in total. The van der Waals surface area contributed by atoms with Crippen molar-refractivity contribution in [2.45, 2.75) is 29.9 Å². The maximum atomic E-state index is 16.4. The average Bonchev–Trinajstić information content (AvgIpc) is 3.22. The summed E-state index contributed by atoms with van der Waals surface area (Å²) >= 11 is 0. The van der Waals surface area contributed by atoms with Crippen LogP contribution in [0.2, 0.25) is 0 Å². The predicted octanol–water partition coefficient (Wildman–Crippen LogP) is 2.48. The van der Waals surface area contributed by atoms with Crippen LogP contribution in [0.15, 0.2) is 101 Å². The van der Waals surface area contributed by atoms with E-state index in [0.717, 1.165) is 16.8 Å². The number of aliphatic hydroxyl groups is 2. The van der Waals surface area contributed by atoms with Crippen LogP contribution in [0.4, 0.5) is 4.39 Å². The first kappa shape index (κ1) is 28.2. The van der Waals surface area contributed by atoms with Crippen LogP contribution in [-0.4, -0.2) is 58.7 Å². The predicted molar refractivity (Wildman–Crippen MR) is 146 cm³/mol. The molecule has 11 heteroatoms. The number of hydrogen-bond acceptors (Lipinski definition) is 8. The van der Waals surface area contributed by atoms with Crippen LogP contribution in [0.25, 0.3) is 0 Å². The maximum absolute atomic E-state index is 16.4. The fraction of sp³-hybridized carbons (Fsp3) is 0.267. The maximum Gasteiger partial charge on any atom is 0.330 e. The zero-order valence-corrected chi connectivity index (χ0v) is 22.3. The molecule has 1 aliphatic rings. The lowest BCUT2D eigenvalue weighted by Crippen LogP contribution is -2.46. The molecule has 1 aliphatic heterocycles. The van der Waals surface area contributed by atoms with Crippen LogP contribution in [0.3, 0.4) is 0 Å². The monoisotopic (exact) mass is 564 g/mol. The van der Waals surface area contributed by atoms with Crippen molar-refractivity contribution in [1.82, 2.24) is 9.55 Å². The Kier molecular flexibility index (Phi) is 7.78. The molecule has 1 saturated heterocycles. The number of ether oxygens (including phenoxy) is 4. The van der Waals surface area contributed by atoms with Crippen molar-refractivity contribution in [3.63, 3.8) is 0 Å². The van der Waals surface area contributed by atoms with Crippen molar-refractivity contribution in [2.24, 2.45) is 0 Å². The highest BCUT2D eigenvalue weighted by Crippen LogP contribution is 2.45. The normalized spacial score (nSPS) is 22.4. The molecule has 0 spiro atoms. The minimum Gasteiger partial charge on any atom is -0.497 e. The number of halogens is 1. The number of rotatable bonds is 9. The molecule has 0 amide bonds. The fourth-order valence-electron chi connectivity index (χ4n) is 5.00. The van der Waals surface area contributed by atoms with Gasteiger partial charge in [0.05, 0.1) is 14.2 Å². The molecule has 2 heterocycles. The van der Waals surface area contributed by atoms with Gasteiger partial charge >= 0.3 is 5.69 Å². The van der Waals surface area contributed by atoms with Gasteiger partial charge in [0.25, 0.3) is 11.4 Å². The highest BCUT2D eigenvalue weighted by molar-refractivity contribution is 5.49. The lowest BCUT2D eigenvalue weighted by Gasteiger charge is -2.38. The summed E-state index contributed by atoms with van der Waals surface area (Å²) in [5.74, 6) is -1.75. The first-order valence-electron chi connectivity index (χ1n) is 12.7. The standard InChI is InChI=1S/C30H29FN2O8/c1-38-22-12-8-20(9-13-22)30(19-6-4-3-5-7-19,21-10-14-23(39-2)15-11-21)40-18-29(31)26(36)25(35)27(41-29)33-17-16-24(34)32-28(33)37/h3-17,25-27,35-36H,18H2,1-2H3,(H,32,34,37)/t25-,26+,27-,29-/m1/s1. The van der Waals surface area contributed by atoms with Gasteiger partial charge in [-0.2, -0.15) is 0 Å². The third-order valence-corrected chi connectivity index (χ3v) is 7.16. The van der Waals surface area contributed by atoms with Gasteiger partial charge in [-0.05, 0) is 41.0 Å². The second kappa shape index (κ2) is 11.3. The van der Waals surface area contributed by atoms with Crippen molar-refractivity contribution >= 4 is 0 Å². The highest BCUT2D eigenvalue weighted by atomic mass is 19.2. The Labute approximate surface area is 234 Å². The molecular weight excluding hydrogens is 535 g/mol. The van der Waals surface area contributed by atoms with Crippen LogP contribution in [-0.2, 0) is 15.1 Å². The molecule has 214 valence electrons. The molecule has 3 aromatic carbocycles. The molecule has 0 saturated carbocycles. The van der Waals surface area contributed by atoms with Gasteiger partial charge in [0.2, 0.25) is 0 Å². The summed E-state index contributed by atoms with van der Waals surface area (Å²) in [5, 5.41) is 21.5. The summed E-state index contributed by atoms with van der Waals surface area (Å²) in [7, 11) is 3.08. The Bertz CT molecular complexity index is 1540. The number of H-pyrrole nitrogens is 1. The van der Waals surface area contributed by atoms with E-state index in [-0.39, 0.29) is 0 Å². The largest absolute Gasteiger partial charge is 0.497 e. The smallest absolute Gasteiger partial charge is 0.330 e. The van der Waals surface area contributed by atoms with E-state index < -0.39 is 47.7 Å². The number of aromatic amines is 1. The number of aromatic nitrogens is 2. The zero-order valence-electron chi connectivity index (χ0n) is 22.3. The van der Waals surface area contributed by atoms with Crippen LogP contribution in [0, 0.1) is 0 Å². The van der Waals surface area contributed by atoms with Gasteiger partial charge in [0.15, 0.2) is 6.23 Å². The molecule has 4 aromatic rings. The summed E-state index contributed by atoms with van der Waals surface area (Å²) in [6.45, 7) is -0.854. The number of alkyl halides is 1. The number of aliphatic hydroxyl groups excluding tert-OH is 2. The number of nitrogens with zero attached hydrogens (tertiary/aromatic N) is 1. The number of nitrogens with one attached hydrogen (secondary N) is 1. The fourth-order valence-corrected chi connectivity index (χ4v) is 5.00. The molecule has 1 aromatic heterocycles. The summed E-state index contributed by atoms with van der Waals surface area (Å²) in [5.41, 5.74) is -1.19. The minimum atomic E-state index is -2.95. The van der Waals surface area contributed by atoms with Crippen molar-refractivity contribution in [3.8, 4) is 11.5 Å². The molecule has 5 rings (SSSR count). The third kappa shape index (κ3) is 5.16. The summed E-state index contributed by atoms with van der Waals surface area (Å²) in [6, 6.07) is 24.2. The van der Waals surface area contributed by atoms with E-state index in [1.54, 1.807) is 62.8 Å². The van der Waals surface area contributed by atoms with Gasteiger partial charge in [-0.15, -0.1) is 0 Å². The Morgan fingerprint density at radius 3 is 1.93 bits per heavy atom. The lowest BCUT2D eigenvalue weighted by molar-refractivity contribution is -0.229. The number of hydrogen-bond donors (Lipinski definition) is 3. The van der Waals surface area contributed by atoms with E-state index in [1.165, 1.54) is 0 Å². The Balaban J connectivity index is 1.60. The molecule has 41 heavy (non-hydrogen) atoms. The molecule has 0 bridgehead atoms. The molecule has 1 fully saturated rings. The number of methoxy groups -OCH3 is 2. The molecule has 0 radical (unpaired) electrons. The van der Waals surface area contributed by atoms with Gasteiger partial charge < -0.3 is 29.2 Å². The highest BCUT2D eigenvalue weighted by Gasteiger charge is 2.57. The van der Waals surface area contributed by atoms with Gasteiger partial charge in [-0.1, -0.05) is 54.6 Å². The van der Waals surface area contributed by atoms with Gasteiger partial charge in [0.1, 0.15) is 35.9 Å². The quantitative estimate of drug-likeness (QED) is 0.264. The van der Waals surface area contributed by atoms with Crippen LogP contribution < -0.4 is 20.7 Å². The average molecular weight is 565 g/mol. The molecule has 0 unspecified atom stereocenters. The van der Waals surface area contributed by atoms with E-state index in [4.69, 9.17) is 18.9 Å². The van der Waals surface area contributed by atoms with E-state index in [9.17, 15) is 19.8 Å². The van der Waals surface area contributed by atoms with E-state index in [2.05, 4.69) is 0 Å². The topological polar surface area (TPSA) is 132 Å². The van der Waals surface area contributed by atoms with Crippen molar-refractivity contribution in [1.29, 1.82) is 0 Å². The lowest BCUT2D eigenvalue weighted by atomic mass is 9.80. The molecule has 4 atom stereocenters. The zero-order chi connectivity index (χ0) is 29.2. The summed E-state index contributed by atoms with van der Waals surface area (Å²) in [4.78, 5) is 25.8. The van der Waals surface area contributed by atoms with E-state index in [0.29, 0.717) is 28.2 Å². The van der Waals surface area contributed by atoms with Crippen LogP contribution in [0.5, 0.6) is 11.5 Å². The molecule has 0 aliphatic carbocycles. The molecular formula is C30H29FN2O8. The minimum absolute atomic E-state index is 0.597. The van der Waals surface area contributed by atoms with Gasteiger partial charge in [0, 0.05) is 12.3 Å². The van der Waals surface area contributed by atoms with Crippen LogP contribution in [0.1, 0.15) is 22.9 Å². The van der Waals surface area contributed by atoms with Crippen molar-refractivity contribution < 1.29 is 33.6 Å².